The van der Waals surface area contributed by atoms with Crippen LogP contribution >= 0.6 is 22.6 Å². The van der Waals surface area contributed by atoms with Gasteiger partial charge >= 0.3 is 0 Å². The number of anilines is 1. The number of pyridine rings is 1. The van der Waals surface area contributed by atoms with Gasteiger partial charge < -0.3 is 4.90 Å². The summed E-state index contributed by atoms with van der Waals surface area (Å²) in [5.74, 6) is 0.492. The van der Waals surface area contributed by atoms with Gasteiger partial charge in [0.1, 0.15) is 0 Å². The SMILES string of the molecule is CC(C)c1nccc(N(C)C)c1I. The van der Waals surface area contributed by atoms with E-state index in [0.717, 1.165) is 0 Å². The Morgan fingerprint density at radius 2 is 2.00 bits per heavy atom. The molecule has 0 saturated carbocycles. The monoisotopic (exact) mass is 290 g/mol. The molecule has 0 N–H and O–H groups in total. The molecule has 72 valence electrons. The summed E-state index contributed by atoms with van der Waals surface area (Å²) in [5.41, 5.74) is 2.44. The molecule has 0 aliphatic rings. The van der Waals surface area contributed by atoms with Crippen molar-refractivity contribution in [1.82, 2.24) is 4.98 Å². The Kier molecular flexibility index (Phi) is 3.53. The van der Waals surface area contributed by atoms with Crippen LogP contribution in [0, 0.1) is 3.57 Å². The third-order valence-electron chi connectivity index (χ3n) is 1.92. The van der Waals surface area contributed by atoms with Gasteiger partial charge in [0.25, 0.3) is 0 Å². The van der Waals surface area contributed by atoms with Crippen molar-refractivity contribution in [2.75, 3.05) is 19.0 Å². The van der Waals surface area contributed by atoms with E-state index >= 15 is 0 Å². The Morgan fingerprint density at radius 3 is 2.46 bits per heavy atom. The molecule has 2 nitrogen and oxygen atoms in total. The Labute approximate surface area is 93.5 Å². The highest BCUT2D eigenvalue weighted by Gasteiger charge is 2.10. The van der Waals surface area contributed by atoms with Gasteiger partial charge in [0.05, 0.1) is 15.0 Å². The largest absolute Gasteiger partial charge is 0.377 e. The average molecular weight is 290 g/mol. The van der Waals surface area contributed by atoms with Gasteiger partial charge in [-0.25, -0.2) is 0 Å². The molecule has 0 spiro atoms. The fourth-order valence-corrected chi connectivity index (χ4v) is 2.62. The topological polar surface area (TPSA) is 16.1 Å². The van der Waals surface area contributed by atoms with E-state index in [9.17, 15) is 0 Å². The summed E-state index contributed by atoms with van der Waals surface area (Å²) in [6, 6.07) is 2.05. The molecule has 0 aliphatic carbocycles. The van der Waals surface area contributed by atoms with Crippen LogP contribution in [0.5, 0.6) is 0 Å². The maximum absolute atomic E-state index is 4.39. The number of aromatic nitrogens is 1. The van der Waals surface area contributed by atoms with Gasteiger partial charge in [-0.1, -0.05) is 13.8 Å². The summed E-state index contributed by atoms with van der Waals surface area (Å²) >= 11 is 2.37. The van der Waals surface area contributed by atoms with Crippen LogP contribution in [0.15, 0.2) is 12.3 Å². The number of hydrogen-bond acceptors (Lipinski definition) is 2. The van der Waals surface area contributed by atoms with Gasteiger partial charge in [0.2, 0.25) is 0 Å². The lowest BCUT2D eigenvalue weighted by Gasteiger charge is -2.17. The van der Waals surface area contributed by atoms with Gasteiger partial charge in [-0.2, -0.15) is 0 Å². The maximum atomic E-state index is 4.39. The number of hydrogen-bond donors (Lipinski definition) is 0. The molecule has 0 unspecified atom stereocenters. The molecule has 1 heterocycles. The van der Waals surface area contributed by atoms with E-state index in [4.69, 9.17) is 0 Å². The fraction of sp³-hybridized carbons (Fsp3) is 0.500. The van der Waals surface area contributed by atoms with Crippen molar-refractivity contribution < 1.29 is 0 Å². The predicted octanol–water partition coefficient (Wildman–Crippen LogP) is 2.88. The highest BCUT2D eigenvalue weighted by atomic mass is 127. The minimum absolute atomic E-state index is 0.492. The first-order valence-corrected chi connectivity index (χ1v) is 5.43. The molecule has 3 heteroatoms. The second-order valence-electron chi connectivity index (χ2n) is 3.58. The molecule has 1 aromatic rings. The second-order valence-corrected chi connectivity index (χ2v) is 4.66. The second kappa shape index (κ2) is 4.26. The van der Waals surface area contributed by atoms with Crippen LogP contribution in [-0.4, -0.2) is 19.1 Å². The molecule has 0 saturated heterocycles. The van der Waals surface area contributed by atoms with Crippen LogP contribution < -0.4 is 4.90 Å². The smallest absolute Gasteiger partial charge is 0.0583 e. The Bertz CT molecular complexity index is 269. The molecule has 0 radical (unpaired) electrons. The molecule has 0 atom stereocenters. The van der Waals surface area contributed by atoms with Crippen molar-refractivity contribution in [1.29, 1.82) is 0 Å². The predicted molar refractivity (Wildman–Crippen MR) is 65.4 cm³/mol. The molecule has 0 fully saturated rings. The Balaban J connectivity index is 3.18. The van der Waals surface area contributed by atoms with Crippen LogP contribution in [0.1, 0.15) is 25.5 Å². The van der Waals surface area contributed by atoms with Crippen molar-refractivity contribution >= 4 is 28.3 Å². The molecular weight excluding hydrogens is 275 g/mol. The zero-order valence-corrected chi connectivity index (χ0v) is 10.7. The third-order valence-corrected chi connectivity index (χ3v) is 3.03. The summed E-state index contributed by atoms with van der Waals surface area (Å²) in [5, 5.41) is 0. The van der Waals surface area contributed by atoms with Gasteiger partial charge in [-0.05, 0) is 34.6 Å². The highest BCUT2D eigenvalue weighted by molar-refractivity contribution is 14.1. The van der Waals surface area contributed by atoms with Crippen LogP contribution in [0.2, 0.25) is 0 Å². The van der Waals surface area contributed by atoms with E-state index in [1.807, 2.05) is 12.3 Å². The summed E-state index contributed by atoms with van der Waals surface area (Å²) in [6.07, 6.45) is 1.88. The Morgan fingerprint density at radius 1 is 1.38 bits per heavy atom. The van der Waals surface area contributed by atoms with Crippen molar-refractivity contribution in [3.8, 4) is 0 Å². The van der Waals surface area contributed by atoms with Gasteiger partial charge in [0, 0.05) is 20.3 Å². The lowest BCUT2D eigenvalue weighted by Crippen LogP contribution is -2.12. The van der Waals surface area contributed by atoms with E-state index < -0.39 is 0 Å². The van der Waals surface area contributed by atoms with Gasteiger partial charge in [-0.3, -0.25) is 4.98 Å². The summed E-state index contributed by atoms with van der Waals surface area (Å²) in [4.78, 5) is 6.51. The van der Waals surface area contributed by atoms with Crippen molar-refractivity contribution in [2.45, 2.75) is 19.8 Å². The van der Waals surface area contributed by atoms with Crippen molar-refractivity contribution in [3.63, 3.8) is 0 Å². The summed E-state index contributed by atoms with van der Waals surface area (Å²) in [6.45, 7) is 4.34. The van der Waals surface area contributed by atoms with E-state index in [1.165, 1.54) is 15.0 Å². The lowest BCUT2D eigenvalue weighted by atomic mass is 10.1. The molecule has 1 rings (SSSR count). The minimum Gasteiger partial charge on any atom is -0.377 e. The van der Waals surface area contributed by atoms with E-state index in [0.29, 0.717) is 5.92 Å². The van der Waals surface area contributed by atoms with Gasteiger partial charge in [0.15, 0.2) is 0 Å². The normalized spacial score (nSPS) is 10.6. The number of rotatable bonds is 2. The molecule has 0 aromatic carbocycles. The summed E-state index contributed by atoms with van der Waals surface area (Å²) in [7, 11) is 4.11. The zero-order chi connectivity index (χ0) is 10.0. The highest BCUT2D eigenvalue weighted by Crippen LogP contribution is 2.26. The molecular formula is C10H15IN2. The third kappa shape index (κ3) is 2.33. The van der Waals surface area contributed by atoms with E-state index in [2.05, 4.69) is 60.4 Å². The first-order chi connectivity index (χ1) is 6.04. The molecule has 0 aliphatic heterocycles. The van der Waals surface area contributed by atoms with Crippen molar-refractivity contribution in [3.05, 3.63) is 21.5 Å². The Hall–Kier alpha value is -0.320. The first-order valence-electron chi connectivity index (χ1n) is 4.35. The molecule has 1 aromatic heterocycles. The van der Waals surface area contributed by atoms with Crippen LogP contribution in [0.4, 0.5) is 5.69 Å². The van der Waals surface area contributed by atoms with Gasteiger partial charge in [-0.15, -0.1) is 0 Å². The molecule has 0 bridgehead atoms. The summed E-state index contributed by atoms with van der Waals surface area (Å²) < 4.78 is 1.26. The minimum atomic E-state index is 0.492. The zero-order valence-electron chi connectivity index (χ0n) is 8.50. The molecule has 13 heavy (non-hydrogen) atoms. The average Bonchev–Trinajstić information content (AvgIpc) is 2.03. The number of halogens is 1. The number of nitrogens with zero attached hydrogens (tertiary/aromatic N) is 2. The standard InChI is InChI=1S/C10H15IN2/c1-7(2)10-9(11)8(13(3)4)5-6-12-10/h5-7H,1-4H3. The molecule has 0 amide bonds. The van der Waals surface area contributed by atoms with E-state index in [1.54, 1.807) is 0 Å². The first kappa shape index (κ1) is 10.8. The maximum Gasteiger partial charge on any atom is 0.0583 e. The lowest BCUT2D eigenvalue weighted by molar-refractivity contribution is 0.813. The van der Waals surface area contributed by atoms with Crippen LogP contribution in [-0.2, 0) is 0 Å². The van der Waals surface area contributed by atoms with Crippen molar-refractivity contribution in [2.24, 2.45) is 0 Å². The fourth-order valence-electron chi connectivity index (χ4n) is 1.20. The van der Waals surface area contributed by atoms with E-state index in [-0.39, 0.29) is 0 Å². The van der Waals surface area contributed by atoms with Crippen LogP contribution in [0.3, 0.4) is 0 Å². The quantitative estimate of drug-likeness (QED) is 0.779. The van der Waals surface area contributed by atoms with Crippen LogP contribution in [0.25, 0.3) is 0 Å².